The summed E-state index contributed by atoms with van der Waals surface area (Å²) in [7, 11) is 0. The van der Waals surface area contributed by atoms with E-state index in [1.807, 2.05) is 13.8 Å². The van der Waals surface area contributed by atoms with E-state index in [-0.39, 0.29) is 33.0 Å². The van der Waals surface area contributed by atoms with Gasteiger partial charge in [-0.05, 0) is 31.7 Å². The molecule has 5 N–H and O–H groups in total. The molecule has 0 saturated heterocycles. The zero-order valence-electron chi connectivity index (χ0n) is 10.8. The zero-order valence-corrected chi connectivity index (χ0v) is 12.3. The van der Waals surface area contributed by atoms with Crippen molar-refractivity contribution in [1.29, 1.82) is 0 Å². The largest absolute Gasteiger partial charge is 0.398 e. The van der Waals surface area contributed by atoms with Crippen LogP contribution in [0.4, 0.5) is 15.8 Å². The van der Waals surface area contributed by atoms with Crippen LogP contribution in [0.2, 0.25) is 5.02 Å². The lowest BCUT2D eigenvalue weighted by Crippen LogP contribution is -2.19. The number of nitrogens with one attached hydrogen (secondary N) is 1. The fraction of sp³-hybridized carbons (Fsp3) is 0.273. The van der Waals surface area contributed by atoms with Crippen molar-refractivity contribution in [2.45, 2.75) is 29.9 Å². The number of nitrogens with two attached hydrogens (primary N) is 2. The molecule has 0 saturated carbocycles. The van der Waals surface area contributed by atoms with Gasteiger partial charge in [-0.25, -0.2) is 14.3 Å². The van der Waals surface area contributed by atoms with Gasteiger partial charge in [0, 0.05) is 6.04 Å². The van der Waals surface area contributed by atoms with Crippen molar-refractivity contribution in [3.8, 4) is 0 Å². The number of hydrogen-bond acceptors (Lipinski definition) is 5. The summed E-state index contributed by atoms with van der Waals surface area (Å²) in [5, 5.41) is 6.28. The molecule has 9 heteroatoms. The van der Waals surface area contributed by atoms with E-state index in [9.17, 15) is 9.18 Å². The van der Waals surface area contributed by atoms with Gasteiger partial charge in [0.15, 0.2) is 11.0 Å². The van der Waals surface area contributed by atoms with Gasteiger partial charge in [-0.3, -0.25) is 4.57 Å². The molecule has 0 spiro atoms. The highest BCUT2D eigenvalue weighted by Gasteiger charge is 2.19. The quantitative estimate of drug-likeness (QED) is 0.753. The van der Waals surface area contributed by atoms with E-state index in [4.69, 9.17) is 23.1 Å². The first-order chi connectivity index (χ1) is 9.32. The van der Waals surface area contributed by atoms with Crippen LogP contribution in [0.1, 0.15) is 19.9 Å². The fourth-order valence-corrected chi connectivity index (χ4v) is 2.90. The first-order valence-corrected chi connectivity index (χ1v) is 6.90. The Morgan fingerprint density at radius 2 is 2.10 bits per heavy atom. The minimum Gasteiger partial charge on any atom is -0.398 e. The molecule has 2 aromatic rings. The lowest BCUT2D eigenvalue weighted by atomic mass is 10.3. The highest BCUT2D eigenvalue weighted by molar-refractivity contribution is 7.99. The van der Waals surface area contributed by atoms with Crippen LogP contribution >= 0.6 is 23.4 Å². The maximum atomic E-state index is 14.1. The van der Waals surface area contributed by atoms with Gasteiger partial charge in [0.05, 0.1) is 16.3 Å². The normalized spacial score (nSPS) is 11.2. The Morgan fingerprint density at radius 3 is 2.70 bits per heavy atom. The van der Waals surface area contributed by atoms with E-state index in [1.165, 1.54) is 10.6 Å². The molecule has 1 aromatic carbocycles. The Bertz CT molecular complexity index is 712. The lowest BCUT2D eigenvalue weighted by Gasteiger charge is -2.12. The molecule has 2 rings (SSSR count). The molecule has 0 aliphatic heterocycles. The molecular formula is C11H13ClFN5OS. The molecule has 0 atom stereocenters. The summed E-state index contributed by atoms with van der Waals surface area (Å²) in [5.74, 6) is -0.722. The summed E-state index contributed by atoms with van der Waals surface area (Å²) in [6, 6.07) is 1.25. The third-order valence-electron chi connectivity index (χ3n) is 2.60. The molecule has 0 aliphatic carbocycles. The molecule has 0 amide bonds. The van der Waals surface area contributed by atoms with Crippen LogP contribution in [-0.4, -0.2) is 14.8 Å². The lowest BCUT2D eigenvalue weighted by molar-refractivity contribution is 0.533. The van der Waals surface area contributed by atoms with Gasteiger partial charge < -0.3 is 11.5 Å². The van der Waals surface area contributed by atoms with E-state index >= 15 is 0 Å². The van der Waals surface area contributed by atoms with Gasteiger partial charge in [0.1, 0.15) is 5.02 Å². The van der Waals surface area contributed by atoms with Crippen molar-refractivity contribution >= 4 is 34.7 Å². The van der Waals surface area contributed by atoms with Crippen molar-refractivity contribution in [3.05, 3.63) is 27.4 Å². The third kappa shape index (κ3) is 2.48. The molecule has 0 radical (unpaired) electrons. The van der Waals surface area contributed by atoms with Crippen LogP contribution in [0.15, 0.2) is 20.9 Å². The minimum atomic E-state index is -0.722. The summed E-state index contributed by atoms with van der Waals surface area (Å²) >= 11 is 6.68. The predicted molar refractivity (Wildman–Crippen MR) is 77.6 cm³/mol. The Kier molecular flexibility index (Phi) is 3.96. The number of rotatable bonds is 3. The first kappa shape index (κ1) is 14.7. The van der Waals surface area contributed by atoms with Gasteiger partial charge in [-0.1, -0.05) is 11.6 Å². The maximum absolute atomic E-state index is 14.1. The van der Waals surface area contributed by atoms with E-state index in [1.54, 1.807) is 0 Å². The molecule has 108 valence electrons. The molecule has 1 aromatic heterocycles. The molecule has 1 heterocycles. The number of aromatic amines is 1. The molecule has 20 heavy (non-hydrogen) atoms. The standard InChI is InChI=1S/C11H13ClFN5OS/c1-4(2)18-10(19)16-17-11(18)20-9-6(15)3-5(14)7(12)8(9)13/h3-4H,14-15H2,1-2H3,(H,16,19). The number of benzene rings is 1. The highest BCUT2D eigenvalue weighted by atomic mass is 35.5. The average Bonchev–Trinajstić information content (AvgIpc) is 2.73. The molecule has 6 nitrogen and oxygen atoms in total. The van der Waals surface area contributed by atoms with Crippen molar-refractivity contribution in [2.24, 2.45) is 0 Å². The number of nitrogens with zero attached hydrogens (tertiary/aromatic N) is 2. The molecule has 0 aliphatic rings. The minimum absolute atomic E-state index is 0.0642. The van der Waals surface area contributed by atoms with Crippen molar-refractivity contribution in [2.75, 3.05) is 11.5 Å². The van der Waals surface area contributed by atoms with Crippen LogP contribution in [0.5, 0.6) is 0 Å². The third-order valence-corrected chi connectivity index (χ3v) is 4.07. The molecular weight excluding hydrogens is 305 g/mol. The topological polar surface area (TPSA) is 103 Å². The maximum Gasteiger partial charge on any atom is 0.344 e. The Morgan fingerprint density at radius 1 is 1.45 bits per heavy atom. The summed E-state index contributed by atoms with van der Waals surface area (Å²) in [6.45, 7) is 3.63. The fourth-order valence-electron chi connectivity index (χ4n) is 1.66. The van der Waals surface area contributed by atoms with E-state index < -0.39 is 5.82 Å². The van der Waals surface area contributed by atoms with Crippen LogP contribution in [0, 0.1) is 5.82 Å². The second-order valence-corrected chi connectivity index (χ2v) is 5.74. The van der Waals surface area contributed by atoms with Gasteiger partial charge in [0.2, 0.25) is 0 Å². The second-order valence-electron chi connectivity index (χ2n) is 4.39. The van der Waals surface area contributed by atoms with Crippen LogP contribution < -0.4 is 17.2 Å². The van der Waals surface area contributed by atoms with Crippen LogP contribution in [0.25, 0.3) is 0 Å². The van der Waals surface area contributed by atoms with E-state index in [0.29, 0.717) is 5.16 Å². The van der Waals surface area contributed by atoms with E-state index in [0.717, 1.165) is 11.8 Å². The Balaban J connectivity index is 2.51. The number of anilines is 2. The monoisotopic (exact) mass is 317 g/mol. The summed E-state index contributed by atoms with van der Waals surface area (Å²) < 4.78 is 15.5. The summed E-state index contributed by atoms with van der Waals surface area (Å²) in [6.07, 6.45) is 0. The SMILES string of the molecule is CC(C)n1c(Sc2c(N)cc(N)c(Cl)c2F)n[nH]c1=O. The first-order valence-electron chi connectivity index (χ1n) is 5.70. The highest BCUT2D eigenvalue weighted by Crippen LogP contribution is 2.39. The number of H-pyrrole nitrogens is 1. The van der Waals surface area contributed by atoms with Crippen molar-refractivity contribution in [1.82, 2.24) is 14.8 Å². The van der Waals surface area contributed by atoms with Crippen LogP contribution in [-0.2, 0) is 0 Å². The predicted octanol–water partition coefficient (Wildman–Crippen LogP) is 2.26. The zero-order chi connectivity index (χ0) is 15.0. The number of aromatic nitrogens is 3. The van der Waals surface area contributed by atoms with Crippen molar-refractivity contribution in [3.63, 3.8) is 0 Å². The molecule has 0 unspecified atom stereocenters. The second kappa shape index (κ2) is 5.37. The smallest absolute Gasteiger partial charge is 0.344 e. The summed E-state index contributed by atoms with van der Waals surface area (Å²) in [5.41, 5.74) is 11.1. The van der Waals surface area contributed by atoms with Gasteiger partial charge in [-0.2, -0.15) is 0 Å². The Hall–Kier alpha value is -1.67. The van der Waals surface area contributed by atoms with Gasteiger partial charge in [0.25, 0.3) is 0 Å². The summed E-state index contributed by atoms with van der Waals surface area (Å²) in [4.78, 5) is 11.7. The van der Waals surface area contributed by atoms with Gasteiger partial charge >= 0.3 is 5.69 Å². The van der Waals surface area contributed by atoms with Gasteiger partial charge in [-0.15, -0.1) is 5.10 Å². The van der Waals surface area contributed by atoms with E-state index in [2.05, 4.69) is 10.2 Å². The number of halogens is 2. The Labute approximate surface area is 123 Å². The average molecular weight is 318 g/mol. The number of nitrogen functional groups attached to an aromatic ring is 2. The van der Waals surface area contributed by atoms with Crippen molar-refractivity contribution < 1.29 is 4.39 Å². The number of hydrogen-bond donors (Lipinski definition) is 3. The van der Waals surface area contributed by atoms with Crippen LogP contribution in [0.3, 0.4) is 0 Å². The molecule has 0 bridgehead atoms. The molecule has 0 fully saturated rings.